The third-order valence-electron chi connectivity index (χ3n) is 2.45. The second kappa shape index (κ2) is 6.61. The van der Waals surface area contributed by atoms with Crippen LogP contribution in [0.4, 0.5) is 13.2 Å². The monoisotopic (exact) mass is 247 g/mol. The van der Waals surface area contributed by atoms with Crippen molar-refractivity contribution >= 4 is 0 Å². The molecule has 5 heteroatoms. The SMILES string of the molecule is COCCC(C)NCc1cc(F)c(F)c(F)c1. The minimum atomic E-state index is -1.43. The summed E-state index contributed by atoms with van der Waals surface area (Å²) in [5, 5.41) is 3.07. The van der Waals surface area contributed by atoms with E-state index in [1.165, 1.54) is 0 Å². The fourth-order valence-corrected chi connectivity index (χ4v) is 1.40. The van der Waals surface area contributed by atoms with Gasteiger partial charge in [-0.15, -0.1) is 0 Å². The third kappa shape index (κ3) is 4.36. The van der Waals surface area contributed by atoms with Crippen molar-refractivity contribution < 1.29 is 17.9 Å². The molecule has 0 saturated carbocycles. The molecule has 0 aliphatic heterocycles. The first kappa shape index (κ1) is 14.0. The Morgan fingerprint density at radius 1 is 1.24 bits per heavy atom. The number of benzene rings is 1. The average molecular weight is 247 g/mol. The molecule has 0 spiro atoms. The lowest BCUT2D eigenvalue weighted by molar-refractivity contribution is 0.184. The summed E-state index contributed by atoms with van der Waals surface area (Å²) in [5.74, 6) is -3.75. The molecule has 0 fully saturated rings. The fourth-order valence-electron chi connectivity index (χ4n) is 1.40. The van der Waals surface area contributed by atoms with Gasteiger partial charge in [-0.05, 0) is 31.0 Å². The predicted molar refractivity (Wildman–Crippen MR) is 59.1 cm³/mol. The molecule has 0 bridgehead atoms. The molecule has 1 N–H and O–H groups in total. The van der Waals surface area contributed by atoms with Gasteiger partial charge in [-0.2, -0.15) is 0 Å². The molecule has 0 aliphatic carbocycles. The molecule has 1 aromatic rings. The molecule has 17 heavy (non-hydrogen) atoms. The topological polar surface area (TPSA) is 21.3 Å². The molecule has 0 saturated heterocycles. The predicted octanol–water partition coefficient (Wildman–Crippen LogP) is 2.62. The van der Waals surface area contributed by atoms with E-state index in [1.807, 2.05) is 6.92 Å². The van der Waals surface area contributed by atoms with Crippen LogP contribution >= 0.6 is 0 Å². The molecule has 1 atom stereocenters. The zero-order valence-electron chi connectivity index (χ0n) is 9.90. The summed E-state index contributed by atoms with van der Waals surface area (Å²) >= 11 is 0. The van der Waals surface area contributed by atoms with E-state index in [0.717, 1.165) is 18.6 Å². The lowest BCUT2D eigenvalue weighted by atomic mass is 10.2. The molecule has 0 heterocycles. The first-order valence-electron chi connectivity index (χ1n) is 5.40. The molecular weight excluding hydrogens is 231 g/mol. The van der Waals surface area contributed by atoms with Crippen LogP contribution in [0.2, 0.25) is 0 Å². The highest BCUT2D eigenvalue weighted by Gasteiger charge is 2.10. The van der Waals surface area contributed by atoms with Gasteiger partial charge in [-0.25, -0.2) is 13.2 Å². The van der Waals surface area contributed by atoms with Crippen molar-refractivity contribution in [3.05, 3.63) is 35.1 Å². The Morgan fingerprint density at radius 2 is 1.82 bits per heavy atom. The van der Waals surface area contributed by atoms with Crippen LogP contribution in [-0.4, -0.2) is 19.8 Å². The van der Waals surface area contributed by atoms with Crippen LogP contribution in [0.5, 0.6) is 0 Å². The Hall–Kier alpha value is -1.07. The molecule has 1 aromatic carbocycles. The van der Waals surface area contributed by atoms with E-state index < -0.39 is 17.5 Å². The van der Waals surface area contributed by atoms with Gasteiger partial charge in [0, 0.05) is 26.3 Å². The van der Waals surface area contributed by atoms with Crippen LogP contribution in [0, 0.1) is 17.5 Å². The minimum absolute atomic E-state index is 0.158. The minimum Gasteiger partial charge on any atom is -0.385 e. The van der Waals surface area contributed by atoms with Gasteiger partial charge in [-0.1, -0.05) is 0 Å². The largest absolute Gasteiger partial charge is 0.385 e. The number of nitrogens with one attached hydrogen (secondary N) is 1. The highest BCUT2D eigenvalue weighted by atomic mass is 19.2. The summed E-state index contributed by atoms with van der Waals surface area (Å²) in [4.78, 5) is 0. The van der Waals surface area contributed by atoms with Gasteiger partial charge in [0.25, 0.3) is 0 Å². The molecule has 0 aromatic heterocycles. The number of halogens is 3. The zero-order valence-corrected chi connectivity index (χ0v) is 9.90. The smallest absolute Gasteiger partial charge is 0.194 e. The van der Waals surface area contributed by atoms with E-state index in [0.29, 0.717) is 18.7 Å². The van der Waals surface area contributed by atoms with Crippen molar-refractivity contribution in [3.63, 3.8) is 0 Å². The van der Waals surface area contributed by atoms with Crippen molar-refractivity contribution in [1.82, 2.24) is 5.32 Å². The molecular formula is C12H16F3NO. The van der Waals surface area contributed by atoms with E-state index in [2.05, 4.69) is 5.32 Å². The summed E-state index contributed by atoms with van der Waals surface area (Å²) in [6, 6.07) is 2.15. The number of hydrogen-bond acceptors (Lipinski definition) is 2. The highest BCUT2D eigenvalue weighted by Crippen LogP contribution is 2.13. The molecule has 1 unspecified atom stereocenters. The summed E-state index contributed by atoms with van der Waals surface area (Å²) in [6.07, 6.45) is 0.794. The third-order valence-corrected chi connectivity index (χ3v) is 2.45. The second-order valence-corrected chi connectivity index (χ2v) is 3.94. The number of hydrogen-bond donors (Lipinski definition) is 1. The van der Waals surface area contributed by atoms with Crippen LogP contribution in [0.25, 0.3) is 0 Å². The Bertz CT molecular complexity index is 348. The number of rotatable bonds is 6. The highest BCUT2D eigenvalue weighted by molar-refractivity contribution is 5.19. The fraction of sp³-hybridized carbons (Fsp3) is 0.500. The molecule has 0 aliphatic rings. The van der Waals surface area contributed by atoms with Crippen molar-refractivity contribution in [3.8, 4) is 0 Å². The van der Waals surface area contributed by atoms with Gasteiger partial charge in [0.2, 0.25) is 0 Å². The average Bonchev–Trinajstić information content (AvgIpc) is 2.30. The van der Waals surface area contributed by atoms with E-state index in [-0.39, 0.29) is 6.04 Å². The van der Waals surface area contributed by atoms with E-state index >= 15 is 0 Å². The Kier molecular flexibility index (Phi) is 5.44. The molecule has 96 valence electrons. The molecule has 2 nitrogen and oxygen atoms in total. The van der Waals surface area contributed by atoms with Gasteiger partial charge in [0.1, 0.15) is 0 Å². The van der Waals surface area contributed by atoms with Crippen LogP contribution in [0.3, 0.4) is 0 Å². The molecule has 0 radical (unpaired) electrons. The maximum absolute atomic E-state index is 12.9. The van der Waals surface area contributed by atoms with Crippen LogP contribution in [-0.2, 0) is 11.3 Å². The normalized spacial score (nSPS) is 12.8. The Morgan fingerprint density at radius 3 is 2.35 bits per heavy atom. The summed E-state index contributed by atoms with van der Waals surface area (Å²) in [7, 11) is 1.61. The second-order valence-electron chi connectivity index (χ2n) is 3.94. The standard InChI is InChI=1S/C12H16F3NO/c1-8(3-4-17-2)16-7-9-5-10(13)12(15)11(14)6-9/h5-6,8,16H,3-4,7H2,1-2H3. The van der Waals surface area contributed by atoms with Crippen LogP contribution in [0.15, 0.2) is 12.1 Å². The van der Waals surface area contributed by atoms with E-state index in [4.69, 9.17) is 4.74 Å². The molecule has 0 amide bonds. The lowest BCUT2D eigenvalue weighted by Gasteiger charge is -2.13. The Balaban J connectivity index is 2.52. The number of ether oxygens (including phenoxy) is 1. The van der Waals surface area contributed by atoms with Crippen molar-refractivity contribution in [2.75, 3.05) is 13.7 Å². The first-order chi connectivity index (χ1) is 8.04. The van der Waals surface area contributed by atoms with E-state index in [9.17, 15) is 13.2 Å². The van der Waals surface area contributed by atoms with Crippen molar-refractivity contribution in [1.29, 1.82) is 0 Å². The van der Waals surface area contributed by atoms with Gasteiger partial charge in [0.05, 0.1) is 0 Å². The maximum Gasteiger partial charge on any atom is 0.194 e. The van der Waals surface area contributed by atoms with Gasteiger partial charge >= 0.3 is 0 Å². The van der Waals surface area contributed by atoms with Crippen molar-refractivity contribution in [2.45, 2.75) is 25.9 Å². The summed E-state index contributed by atoms with van der Waals surface area (Å²) in [5.41, 5.74) is 0.380. The van der Waals surface area contributed by atoms with Crippen LogP contribution in [0.1, 0.15) is 18.9 Å². The lowest BCUT2D eigenvalue weighted by Crippen LogP contribution is -2.26. The van der Waals surface area contributed by atoms with E-state index in [1.54, 1.807) is 7.11 Å². The van der Waals surface area contributed by atoms with Crippen LogP contribution < -0.4 is 5.32 Å². The Labute approximate surface area is 98.8 Å². The molecule has 1 rings (SSSR count). The first-order valence-corrected chi connectivity index (χ1v) is 5.40. The van der Waals surface area contributed by atoms with Gasteiger partial charge < -0.3 is 10.1 Å². The summed E-state index contributed by atoms with van der Waals surface area (Å²) in [6.45, 7) is 2.84. The van der Waals surface area contributed by atoms with Gasteiger partial charge in [0.15, 0.2) is 17.5 Å². The quantitative estimate of drug-likeness (QED) is 0.780. The van der Waals surface area contributed by atoms with Gasteiger partial charge in [-0.3, -0.25) is 0 Å². The van der Waals surface area contributed by atoms with Crippen molar-refractivity contribution in [2.24, 2.45) is 0 Å². The summed E-state index contributed by atoms with van der Waals surface area (Å²) < 4.78 is 43.4. The maximum atomic E-state index is 12.9. The number of methoxy groups -OCH3 is 1. The zero-order chi connectivity index (χ0) is 12.8.